The maximum absolute atomic E-state index is 13.4. The van der Waals surface area contributed by atoms with Gasteiger partial charge in [0.05, 0.1) is 12.5 Å². The molecular formula is C19H21FN2O3. The molecule has 0 fully saturated rings. The van der Waals surface area contributed by atoms with Gasteiger partial charge in [0.25, 0.3) is 5.91 Å². The van der Waals surface area contributed by atoms with Gasteiger partial charge in [0.15, 0.2) is 0 Å². The maximum Gasteiger partial charge on any atom is 0.251 e. The van der Waals surface area contributed by atoms with Crippen LogP contribution in [0.1, 0.15) is 34.0 Å². The summed E-state index contributed by atoms with van der Waals surface area (Å²) >= 11 is 0. The lowest BCUT2D eigenvalue weighted by Gasteiger charge is -2.11. The average Bonchev–Trinajstić information content (AvgIpc) is 2.61. The van der Waals surface area contributed by atoms with Crippen molar-refractivity contribution in [2.75, 3.05) is 13.1 Å². The van der Waals surface area contributed by atoms with Crippen LogP contribution < -0.4 is 10.6 Å². The van der Waals surface area contributed by atoms with Crippen molar-refractivity contribution in [3.63, 3.8) is 0 Å². The normalized spacial score (nSPS) is 11.6. The highest BCUT2D eigenvalue weighted by atomic mass is 19.1. The lowest BCUT2D eigenvalue weighted by molar-refractivity contribution is -0.123. The van der Waals surface area contributed by atoms with E-state index in [-0.39, 0.29) is 31.0 Å². The molecule has 0 aliphatic rings. The molecule has 1 atom stereocenters. The summed E-state index contributed by atoms with van der Waals surface area (Å²) < 4.78 is 13.4. The molecule has 1 unspecified atom stereocenters. The van der Waals surface area contributed by atoms with Gasteiger partial charge < -0.3 is 15.7 Å². The van der Waals surface area contributed by atoms with Gasteiger partial charge in [-0.05, 0) is 30.2 Å². The molecular weight excluding hydrogens is 323 g/mol. The minimum atomic E-state index is -0.869. The van der Waals surface area contributed by atoms with Crippen molar-refractivity contribution in [3.8, 4) is 0 Å². The molecule has 5 nitrogen and oxygen atoms in total. The highest BCUT2D eigenvalue weighted by Crippen LogP contribution is 2.15. The van der Waals surface area contributed by atoms with E-state index in [1.165, 1.54) is 12.1 Å². The highest BCUT2D eigenvalue weighted by molar-refractivity contribution is 5.94. The second-order valence-corrected chi connectivity index (χ2v) is 5.70. The van der Waals surface area contributed by atoms with Crippen molar-refractivity contribution in [1.82, 2.24) is 10.6 Å². The Morgan fingerprint density at radius 3 is 2.44 bits per heavy atom. The molecule has 0 saturated carbocycles. The van der Waals surface area contributed by atoms with Crippen molar-refractivity contribution in [2.45, 2.75) is 19.4 Å². The molecule has 0 aromatic heterocycles. The van der Waals surface area contributed by atoms with Gasteiger partial charge in [0.1, 0.15) is 5.82 Å². The Hall–Kier alpha value is -2.73. The lowest BCUT2D eigenvalue weighted by Crippen LogP contribution is -2.35. The Labute approximate surface area is 145 Å². The molecule has 0 heterocycles. The topological polar surface area (TPSA) is 78.4 Å². The number of nitrogens with one attached hydrogen (secondary N) is 2. The van der Waals surface area contributed by atoms with E-state index in [1.54, 1.807) is 37.3 Å². The fourth-order valence-corrected chi connectivity index (χ4v) is 2.25. The smallest absolute Gasteiger partial charge is 0.251 e. The first kappa shape index (κ1) is 18.6. The van der Waals surface area contributed by atoms with Crippen LogP contribution in [0.4, 0.5) is 4.39 Å². The van der Waals surface area contributed by atoms with E-state index in [2.05, 4.69) is 10.6 Å². The van der Waals surface area contributed by atoms with Gasteiger partial charge >= 0.3 is 0 Å². The number of carbonyl (C=O) groups is 2. The van der Waals surface area contributed by atoms with Gasteiger partial charge in [-0.1, -0.05) is 36.4 Å². The van der Waals surface area contributed by atoms with E-state index >= 15 is 0 Å². The molecule has 0 radical (unpaired) electrons. The number of aryl methyl sites for hydroxylation is 1. The number of rotatable bonds is 7. The summed E-state index contributed by atoms with van der Waals surface area (Å²) in [6.45, 7) is 2.05. The van der Waals surface area contributed by atoms with Gasteiger partial charge in [-0.2, -0.15) is 0 Å². The van der Waals surface area contributed by atoms with Crippen molar-refractivity contribution in [3.05, 3.63) is 71.0 Å². The van der Waals surface area contributed by atoms with Gasteiger partial charge in [0.2, 0.25) is 5.91 Å². The predicted octanol–water partition coefficient (Wildman–Crippen LogP) is 2.10. The summed E-state index contributed by atoms with van der Waals surface area (Å²) in [6, 6.07) is 13.2. The molecule has 0 spiro atoms. The van der Waals surface area contributed by atoms with Gasteiger partial charge in [0, 0.05) is 18.7 Å². The molecule has 2 rings (SSSR count). The molecule has 0 aliphatic carbocycles. The summed E-state index contributed by atoms with van der Waals surface area (Å²) in [5, 5.41) is 15.2. The number of hydrogen-bond donors (Lipinski definition) is 3. The third-order valence-electron chi connectivity index (χ3n) is 3.73. The summed E-state index contributed by atoms with van der Waals surface area (Å²) in [4.78, 5) is 23.7. The fraction of sp³-hybridized carbons (Fsp3) is 0.263. The van der Waals surface area contributed by atoms with E-state index in [9.17, 15) is 19.1 Å². The van der Waals surface area contributed by atoms with E-state index in [0.29, 0.717) is 11.1 Å². The number of benzene rings is 2. The number of hydrogen-bond acceptors (Lipinski definition) is 3. The van der Waals surface area contributed by atoms with Crippen molar-refractivity contribution in [2.24, 2.45) is 0 Å². The number of aliphatic hydroxyl groups is 1. The van der Waals surface area contributed by atoms with E-state index in [1.807, 2.05) is 6.07 Å². The van der Waals surface area contributed by atoms with Crippen molar-refractivity contribution >= 4 is 11.8 Å². The summed E-state index contributed by atoms with van der Waals surface area (Å²) in [5.41, 5.74) is 1.38. The van der Waals surface area contributed by atoms with Crippen LogP contribution in [0, 0.1) is 12.7 Å². The third kappa shape index (κ3) is 5.69. The standard InChI is InChI=1S/C19H21FN2O3/c1-13-7-8-15(11-16(13)20)19(25)22-10-9-21-18(24)12-17(23)14-5-3-2-4-6-14/h2-8,11,17,23H,9-10,12H2,1H3,(H,21,24)(H,22,25). The number of halogens is 1. The van der Waals surface area contributed by atoms with Crippen LogP contribution in [0.15, 0.2) is 48.5 Å². The third-order valence-corrected chi connectivity index (χ3v) is 3.73. The molecule has 6 heteroatoms. The molecule has 2 aromatic rings. The Kier molecular flexibility index (Phi) is 6.65. The SMILES string of the molecule is Cc1ccc(C(=O)NCCNC(=O)CC(O)c2ccccc2)cc1F. The second-order valence-electron chi connectivity index (χ2n) is 5.70. The van der Waals surface area contributed by atoms with Crippen molar-refractivity contribution in [1.29, 1.82) is 0 Å². The molecule has 0 bridgehead atoms. The van der Waals surface area contributed by atoms with Crippen LogP contribution in [0.2, 0.25) is 0 Å². The maximum atomic E-state index is 13.4. The highest BCUT2D eigenvalue weighted by Gasteiger charge is 2.12. The summed E-state index contributed by atoms with van der Waals surface area (Å²) in [5.74, 6) is -1.15. The molecule has 2 amide bonds. The van der Waals surface area contributed by atoms with Crippen LogP contribution in [-0.4, -0.2) is 30.0 Å². The summed E-state index contributed by atoms with van der Waals surface area (Å²) in [6.07, 6.45) is -0.924. The van der Waals surface area contributed by atoms with Crippen molar-refractivity contribution < 1.29 is 19.1 Å². The number of amides is 2. The van der Waals surface area contributed by atoms with Gasteiger partial charge in [-0.15, -0.1) is 0 Å². The Morgan fingerprint density at radius 2 is 1.76 bits per heavy atom. The molecule has 2 aromatic carbocycles. The first-order valence-electron chi connectivity index (χ1n) is 8.01. The summed E-state index contributed by atoms with van der Waals surface area (Å²) in [7, 11) is 0. The monoisotopic (exact) mass is 344 g/mol. The molecule has 25 heavy (non-hydrogen) atoms. The fourth-order valence-electron chi connectivity index (χ4n) is 2.25. The largest absolute Gasteiger partial charge is 0.388 e. The quantitative estimate of drug-likeness (QED) is 0.673. The minimum Gasteiger partial charge on any atom is -0.388 e. The van der Waals surface area contributed by atoms with Crippen LogP contribution in [0.5, 0.6) is 0 Å². The number of aliphatic hydroxyl groups excluding tert-OH is 1. The lowest BCUT2D eigenvalue weighted by atomic mass is 10.1. The van der Waals surface area contributed by atoms with Crippen LogP contribution in [0.3, 0.4) is 0 Å². The molecule has 0 aliphatic heterocycles. The van der Waals surface area contributed by atoms with E-state index < -0.39 is 17.8 Å². The minimum absolute atomic E-state index is 0.0544. The van der Waals surface area contributed by atoms with Gasteiger partial charge in [-0.3, -0.25) is 9.59 Å². The molecule has 3 N–H and O–H groups in total. The van der Waals surface area contributed by atoms with E-state index in [4.69, 9.17) is 0 Å². The number of carbonyl (C=O) groups excluding carboxylic acids is 2. The Balaban J connectivity index is 1.70. The first-order valence-corrected chi connectivity index (χ1v) is 8.01. The second kappa shape index (κ2) is 8.94. The van der Waals surface area contributed by atoms with Gasteiger partial charge in [-0.25, -0.2) is 4.39 Å². The Morgan fingerprint density at radius 1 is 1.08 bits per heavy atom. The van der Waals surface area contributed by atoms with E-state index in [0.717, 1.165) is 0 Å². The first-order chi connectivity index (χ1) is 12.0. The molecule has 0 saturated heterocycles. The zero-order valence-corrected chi connectivity index (χ0v) is 14.0. The average molecular weight is 344 g/mol. The van der Waals surface area contributed by atoms with Crippen LogP contribution in [-0.2, 0) is 4.79 Å². The zero-order valence-electron chi connectivity index (χ0n) is 14.0. The molecule has 132 valence electrons. The predicted molar refractivity (Wildman–Crippen MR) is 92.5 cm³/mol. The zero-order chi connectivity index (χ0) is 18.2. The van der Waals surface area contributed by atoms with Crippen LogP contribution >= 0.6 is 0 Å². The Bertz CT molecular complexity index is 735. The van der Waals surface area contributed by atoms with Crippen LogP contribution in [0.25, 0.3) is 0 Å².